The number of carbonyl (C=O) groups excluding carboxylic acids is 1. The van der Waals surface area contributed by atoms with E-state index in [0.29, 0.717) is 10.6 Å². The van der Waals surface area contributed by atoms with Crippen LogP contribution in [0.1, 0.15) is 23.7 Å². The van der Waals surface area contributed by atoms with Gasteiger partial charge in [-0.1, -0.05) is 46.6 Å². The molecule has 1 aromatic carbocycles. The quantitative estimate of drug-likeness (QED) is 0.669. The lowest BCUT2D eigenvalue weighted by atomic mass is 10.1. The van der Waals surface area contributed by atoms with E-state index in [2.05, 4.69) is 20.9 Å². The fraction of sp³-hybridized carbons (Fsp3) is 0.250. The number of alkyl halides is 1. The predicted octanol–water partition coefficient (Wildman–Crippen LogP) is 4.18. The summed E-state index contributed by atoms with van der Waals surface area (Å²) in [5.74, 6) is 0.0935. The minimum absolute atomic E-state index is 0.0935. The summed E-state index contributed by atoms with van der Waals surface area (Å²) in [7, 11) is 0. The van der Waals surface area contributed by atoms with Crippen molar-refractivity contribution < 1.29 is 4.79 Å². The van der Waals surface area contributed by atoms with Crippen LogP contribution in [0.3, 0.4) is 0 Å². The van der Waals surface area contributed by atoms with E-state index in [1.54, 1.807) is 12.3 Å². The number of Topliss-reactive ketones (excluding diaryl/α,β-unsaturated/α-hetero) is 1. The Labute approximate surface area is 107 Å². The Morgan fingerprint density at radius 3 is 3.00 bits per heavy atom. The Kier molecular flexibility index (Phi) is 3.36. The molecule has 2 rings (SSSR count). The highest BCUT2D eigenvalue weighted by Crippen LogP contribution is 2.27. The third-order valence-electron chi connectivity index (χ3n) is 2.57. The molecule has 0 saturated heterocycles. The lowest BCUT2D eigenvalue weighted by molar-refractivity contribution is 0.0992. The number of benzene rings is 1. The number of para-hydroxylation sites is 1. The first-order valence-corrected chi connectivity index (χ1v) is 6.38. The number of H-pyrrole nitrogens is 1. The first-order chi connectivity index (χ1) is 7.65. The van der Waals surface area contributed by atoms with Crippen LogP contribution < -0.4 is 0 Å². The van der Waals surface area contributed by atoms with Gasteiger partial charge in [-0.15, -0.1) is 0 Å². The van der Waals surface area contributed by atoms with Crippen molar-refractivity contribution in [1.82, 2.24) is 4.98 Å². The van der Waals surface area contributed by atoms with Crippen LogP contribution in [0.4, 0.5) is 0 Å². The van der Waals surface area contributed by atoms with Gasteiger partial charge in [-0.3, -0.25) is 4.79 Å². The van der Waals surface area contributed by atoms with Crippen LogP contribution in [0.2, 0.25) is 5.02 Å². The zero-order valence-corrected chi connectivity index (χ0v) is 11.1. The molecule has 1 atom stereocenters. The number of aromatic amines is 1. The molecule has 4 heteroatoms. The number of aromatic nitrogens is 1. The smallest absolute Gasteiger partial charge is 0.178 e. The van der Waals surface area contributed by atoms with Crippen LogP contribution in [-0.2, 0) is 0 Å². The van der Waals surface area contributed by atoms with Gasteiger partial charge in [0.15, 0.2) is 5.78 Å². The lowest BCUT2D eigenvalue weighted by Crippen LogP contribution is -2.12. The van der Waals surface area contributed by atoms with Crippen molar-refractivity contribution in [2.45, 2.75) is 18.2 Å². The van der Waals surface area contributed by atoms with Crippen LogP contribution in [-0.4, -0.2) is 15.6 Å². The summed E-state index contributed by atoms with van der Waals surface area (Å²) in [5, 5.41) is 1.52. The molecule has 0 bridgehead atoms. The van der Waals surface area contributed by atoms with Gasteiger partial charge in [0, 0.05) is 17.1 Å². The van der Waals surface area contributed by atoms with Gasteiger partial charge in [0.25, 0.3) is 0 Å². The number of halogens is 2. The maximum absolute atomic E-state index is 12.1. The van der Waals surface area contributed by atoms with Crippen LogP contribution >= 0.6 is 27.5 Å². The molecule has 0 radical (unpaired) electrons. The number of hydrogen-bond donors (Lipinski definition) is 1. The Morgan fingerprint density at radius 2 is 2.31 bits per heavy atom. The van der Waals surface area contributed by atoms with E-state index < -0.39 is 0 Å². The van der Waals surface area contributed by atoms with E-state index in [1.807, 2.05) is 19.1 Å². The average Bonchev–Trinajstić information content (AvgIpc) is 2.72. The summed E-state index contributed by atoms with van der Waals surface area (Å²) in [6.07, 6.45) is 2.49. The Hall–Kier alpha value is -0.800. The number of carbonyl (C=O) groups is 1. The van der Waals surface area contributed by atoms with Gasteiger partial charge in [-0.05, 0) is 12.5 Å². The Balaban J connectivity index is 2.54. The molecule has 0 amide bonds. The first-order valence-electron chi connectivity index (χ1n) is 5.09. The van der Waals surface area contributed by atoms with Gasteiger partial charge >= 0.3 is 0 Å². The summed E-state index contributed by atoms with van der Waals surface area (Å²) in [4.78, 5) is 15.0. The lowest BCUT2D eigenvalue weighted by Gasteiger charge is -2.04. The Bertz CT molecular complexity index is 535. The molecular weight excluding hydrogens is 289 g/mol. The fourth-order valence-corrected chi connectivity index (χ4v) is 2.15. The number of rotatable bonds is 3. The van der Waals surface area contributed by atoms with E-state index in [4.69, 9.17) is 11.6 Å². The molecule has 1 unspecified atom stereocenters. The summed E-state index contributed by atoms with van der Waals surface area (Å²) >= 11 is 9.41. The van der Waals surface area contributed by atoms with Crippen LogP contribution in [0.25, 0.3) is 10.9 Å². The van der Waals surface area contributed by atoms with Crippen molar-refractivity contribution in [1.29, 1.82) is 0 Å². The molecule has 0 aliphatic heterocycles. The molecule has 2 aromatic rings. The van der Waals surface area contributed by atoms with Gasteiger partial charge in [0.1, 0.15) is 0 Å². The minimum atomic E-state index is -0.134. The molecule has 1 N–H and O–H groups in total. The zero-order chi connectivity index (χ0) is 11.7. The molecule has 0 saturated carbocycles. The molecule has 0 fully saturated rings. The van der Waals surface area contributed by atoms with Gasteiger partial charge in [0.05, 0.1) is 15.4 Å². The molecule has 0 aliphatic rings. The van der Waals surface area contributed by atoms with Gasteiger partial charge < -0.3 is 4.98 Å². The maximum atomic E-state index is 12.1. The first kappa shape index (κ1) is 11.7. The molecule has 0 aliphatic carbocycles. The molecule has 84 valence electrons. The van der Waals surface area contributed by atoms with E-state index in [1.165, 1.54) is 0 Å². The largest absolute Gasteiger partial charge is 0.359 e. The topological polar surface area (TPSA) is 32.9 Å². The summed E-state index contributed by atoms with van der Waals surface area (Å²) in [6.45, 7) is 1.97. The standard InChI is InChI=1S/C12H11BrClNO/c1-2-9(13)12(16)8-6-15-11-7(8)4-3-5-10(11)14/h3-6,9,15H,2H2,1H3. The number of ketones is 1. The highest BCUT2D eigenvalue weighted by Gasteiger charge is 2.18. The van der Waals surface area contributed by atoms with E-state index in [0.717, 1.165) is 17.3 Å². The molecule has 1 heterocycles. The van der Waals surface area contributed by atoms with Gasteiger partial charge in [-0.2, -0.15) is 0 Å². The molecule has 16 heavy (non-hydrogen) atoms. The monoisotopic (exact) mass is 299 g/mol. The van der Waals surface area contributed by atoms with E-state index in [9.17, 15) is 4.79 Å². The number of fused-ring (bicyclic) bond motifs is 1. The molecular formula is C12H11BrClNO. The van der Waals surface area contributed by atoms with E-state index in [-0.39, 0.29) is 10.6 Å². The second-order valence-electron chi connectivity index (χ2n) is 3.60. The molecule has 0 spiro atoms. The fourth-order valence-electron chi connectivity index (χ4n) is 1.68. The van der Waals surface area contributed by atoms with Crippen molar-refractivity contribution in [2.24, 2.45) is 0 Å². The van der Waals surface area contributed by atoms with Gasteiger partial charge in [0.2, 0.25) is 0 Å². The minimum Gasteiger partial charge on any atom is -0.359 e. The number of nitrogens with one attached hydrogen (secondary N) is 1. The maximum Gasteiger partial charge on any atom is 0.178 e. The highest BCUT2D eigenvalue weighted by atomic mass is 79.9. The van der Waals surface area contributed by atoms with Gasteiger partial charge in [-0.25, -0.2) is 0 Å². The summed E-state index contributed by atoms with van der Waals surface area (Å²) in [5.41, 5.74) is 1.52. The van der Waals surface area contributed by atoms with Crippen molar-refractivity contribution in [3.05, 3.63) is 35.0 Å². The SMILES string of the molecule is CCC(Br)C(=O)c1c[nH]c2c(Cl)cccc12. The third kappa shape index (κ3) is 1.89. The van der Waals surface area contributed by atoms with Crippen LogP contribution in [0.15, 0.2) is 24.4 Å². The molecule has 1 aromatic heterocycles. The second kappa shape index (κ2) is 4.60. The van der Waals surface area contributed by atoms with Crippen molar-refractivity contribution in [2.75, 3.05) is 0 Å². The number of hydrogen-bond acceptors (Lipinski definition) is 1. The zero-order valence-electron chi connectivity index (χ0n) is 8.76. The normalized spacial score (nSPS) is 12.9. The summed E-state index contributed by atoms with van der Waals surface area (Å²) in [6, 6.07) is 5.56. The van der Waals surface area contributed by atoms with Crippen LogP contribution in [0, 0.1) is 0 Å². The summed E-state index contributed by atoms with van der Waals surface area (Å²) < 4.78 is 0. The van der Waals surface area contributed by atoms with E-state index >= 15 is 0 Å². The third-order valence-corrected chi connectivity index (χ3v) is 3.95. The second-order valence-corrected chi connectivity index (χ2v) is 5.12. The van der Waals surface area contributed by atoms with Crippen LogP contribution in [0.5, 0.6) is 0 Å². The Morgan fingerprint density at radius 1 is 1.56 bits per heavy atom. The van der Waals surface area contributed by atoms with Crippen molar-refractivity contribution >= 4 is 44.2 Å². The van der Waals surface area contributed by atoms with Crippen molar-refractivity contribution in [3.63, 3.8) is 0 Å². The highest BCUT2D eigenvalue weighted by molar-refractivity contribution is 9.10. The van der Waals surface area contributed by atoms with Crippen molar-refractivity contribution in [3.8, 4) is 0 Å². The average molecular weight is 301 g/mol. The molecule has 2 nitrogen and oxygen atoms in total. The predicted molar refractivity (Wildman–Crippen MR) is 70.6 cm³/mol.